The van der Waals surface area contributed by atoms with E-state index < -0.39 is 12.1 Å². The SMILES string of the molecule is CC/C=C\C/C=C\C/C=C\C/C=C\C/C=C\CCC(=O)OC(COC(=O)CCCCCCC\C=C/C=C\C=C/C=C\CCCCC)COC(=O)CCCCCCCCCCCCCC. The summed E-state index contributed by atoms with van der Waals surface area (Å²) < 4.78 is 16.7. The van der Waals surface area contributed by atoms with E-state index in [1.54, 1.807) is 0 Å². The van der Waals surface area contributed by atoms with Crippen molar-refractivity contribution in [3.8, 4) is 0 Å². The number of hydrogen-bond donors (Lipinski definition) is 0. The number of rotatable bonds is 45. The summed E-state index contributed by atoms with van der Waals surface area (Å²) in [6, 6.07) is 0. The summed E-state index contributed by atoms with van der Waals surface area (Å²) >= 11 is 0. The van der Waals surface area contributed by atoms with E-state index in [2.05, 4.69) is 118 Å². The zero-order chi connectivity index (χ0) is 46.5. The summed E-state index contributed by atoms with van der Waals surface area (Å²) in [5, 5.41) is 0. The average Bonchev–Trinajstić information content (AvgIpc) is 3.29. The first kappa shape index (κ1) is 60.1. The zero-order valence-corrected chi connectivity index (χ0v) is 41.3. The van der Waals surface area contributed by atoms with Gasteiger partial charge in [-0.25, -0.2) is 0 Å². The monoisotopic (exact) mass is 887 g/mol. The lowest BCUT2D eigenvalue weighted by Gasteiger charge is -2.18. The second kappa shape index (κ2) is 51.7. The molecule has 0 amide bonds. The number of carbonyl (C=O) groups is 3. The fraction of sp³-hybridized carbons (Fsp3) is 0.638. The van der Waals surface area contributed by atoms with Crippen LogP contribution in [0.2, 0.25) is 0 Å². The summed E-state index contributed by atoms with van der Waals surface area (Å²) in [5.74, 6) is -1.03. The Morgan fingerprint density at radius 2 is 0.703 bits per heavy atom. The van der Waals surface area contributed by atoms with E-state index in [-0.39, 0.29) is 31.6 Å². The number of esters is 3. The highest BCUT2D eigenvalue weighted by Gasteiger charge is 2.19. The van der Waals surface area contributed by atoms with Gasteiger partial charge in [-0.2, -0.15) is 0 Å². The van der Waals surface area contributed by atoms with Crippen LogP contribution in [-0.2, 0) is 28.6 Å². The standard InChI is InChI=1S/C58H94O6/c1-4-7-10-13-16-19-22-25-27-29-30-32-33-36-39-42-45-48-51-57(60)63-54-55(53-62-56(59)50-47-44-41-38-35-24-21-18-15-12-9-6-3)64-58(61)52-49-46-43-40-37-34-31-28-26-23-20-17-14-11-8-5-2/h8,11,16-17,19-20,22,25-30,32,34,37,43,46,55H,4-7,9-10,12-15,18,21,23-24,31,33,35-36,38-42,44-45,47-54H2,1-3H3/b11-8-,19-16-,20-17-,25-22-,28-26-,29-27-,32-30-,37-34-,46-43-. The molecule has 0 aliphatic heterocycles. The average molecular weight is 887 g/mol. The highest BCUT2D eigenvalue weighted by atomic mass is 16.6. The van der Waals surface area contributed by atoms with Crippen LogP contribution in [-0.4, -0.2) is 37.2 Å². The highest BCUT2D eigenvalue weighted by molar-refractivity contribution is 5.71. The minimum absolute atomic E-state index is 0.116. The van der Waals surface area contributed by atoms with Gasteiger partial charge in [0.15, 0.2) is 6.10 Å². The molecular weight excluding hydrogens is 793 g/mol. The first-order valence-electron chi connectivity index (χ1n) is 25.9. The second-order valence-corrected chi connectivity index (χ2v) is 16.8. The minimum Gasteiger partial charge on any atom is -0.462 e. The Morgan fingerprint density at radius 3 is 1.16 bits per heavy atom. The number of carbonyl (C=O) groups excluding carboxylic acids is 3. The summed E-state index contributed by atoms with van der Waals surface area (Å²) in [5.41, 5.74) is 0. The van der Waals surface area contributed by atoms with Crippen LogP contribution >= 0.6 is 0 Å². The van der Waals surface area contributed by atoms with E-state index in [9.17, 15) is 14.4 Å². The van der Waals surface area contributed by atoms with Gasteiger partial charge in [0.2, 0.25) is 0 Å². The first-order valence-corrected chi connectivity index (χ1v) is 25.9. The molecule has 0 saturated heterocycles. The minimum atomic E-state index is -0.827. The van der Waals surface area contributed by atoms with Gasteiger partial charge < -0.3 is 14.2 Å². The largest absolute Gasteiger partial charge is 0.462 e. The maximum Gasteiger partial charge on any atom is 0.306 e. The van der Waals surface area contributed by atoms with E-state index in [1.165, 1.54) is 77.0 Å². The van der Waals surface area contributed by atoms with Crippen molar-refractivity contribution in [2.24, 2.45) is 0 Å². The van der Waals surface area contributed by atoms with Gasteiger partial charge in [0.05, 0.1) is 0 Å². The van der Waals surface area contributed by atoms with Crippen LogP contribution in [0.5, 0.6) is 0 Å². The summed E-state index contributed by atoms with van der Waals surface area (Å²) in [4.78, 5) is 37.9. The Hall–Kier alpha value is -3.93. The van der Waals surface area contributed by atoms with Crippen molar-refractivity contribution in [1.82, 2.24) is 0 Å². The topological polar surface area (TPSA) is 78.9 Å². The molecule has 0 aromatic heterocycles. The molecule has 6 nitrogen and oxygen atoms in total. The second-order valence-electron chi connectivity index (χ2n) is 16.8. The molecular formula is C58H94O6. The van der Waals surface area contributed by atoms with Crippen LogP contribution in [0.1, 0.15) is 220 Å². The van der Waals surface area contributed by atoms with E-state index in [0.717, 1.165) is 96.3 Å². The first-order chi connectivity index (χ1) is 31.5. The predicted molar refractivity (Wildman–Crippen MR) is 274 cm³/mol. The Kier molecular flexibility index (Phi) is 48.5. The predicted octanol–water partition coefficient (Wildman–Crippen LogP) is 17.1. The molecule has 0 aliphatic rings. The van der Waals surface area contributed by atoms with Crippen LogP contribution in [0, 0.1) is 0 Å². The van der Waals surface area contributed by atoms with Crippen LogP contribution < -0.4 is 0 Å². The molecule has 0 N–H and O–H groups in total. The fourth-order valence-corrected chi connectivity index (χ4v) is 6.74. The molecule has 0 fully saturated rings. The van der Waals surface area contributed by atoms with Crippen molar-refractivity contribution >= 4 is 17.9 Å². The number of allylic oxidation sites excluding steroid dienone is 18. The van der Waals surface area contributed by atoms with Gasteiger partial charge in [0.25, 0.3) is 0 Å². The molecule has 0 aromatic rings. The number of unbranched alkanes of at least 4 members (excludes halogenated alkanes) is 19. The van der Waals surface area contributed by atoms with Crippen molar-refractivity contribution in [2.75, 3.05) is 13.2 Å². The molecule has 0 aliphatic carbocycles. The van der Waals surface area contributed by atoms with Crippen molar-refractivity contribution < 1.29 is 28.6 Å². The van der Waals surface area contributed by atoms with Gasteiger partial charge >= 0.3 is 17.9 Å². The van der Waals surface area contributed by atoms with Gasteiger partial charge in [-0.3, -0.25) is 14.4 Å². The van der Waals surface area contributed by atoms with Crippen molar-refractivity contribution in [3.63, 3.8) is 0 Å². The van der Waals surface area contributed by atoms with Crippen molar-refractivity contribution in [2.45, 2.75) is 226 Å². The van der Waals surface area contributed by atoms with E-state index in [4.69, 9.17) is 14.2 Å². The molecule has 1 unspecified atom stereocenters. The van der Waals surface area contributed by atoms with E-state index >= 15 is 0 Å². The van der Waals surface area contributed by atoms with E-state index in [1.807, 2.05) is 12.2 Å². The smallest absolute Gasteiger partial charge is 0.306 e. The van der Waals surface area contributed by atoms with Crippen molar-refractivity contribution in [1.29, 1.82) is 0 Å². The molecule has 6 heteroatoms. The Bertz CT molecular complexity index is 1340. The fourth-order valence-electron chi connectivity index (χ4n) is 6.74. The quantitative estimate of drug-likeness (QED) is 0.0199. The third kappa shape index (κ3) is 49.1. The lowest BCUT2D eigenvalue weighted by atomic mass is 10.0. The van der Waals surface area contributed by atoms with Crippen LogP contribution in [0.15, 0.2) is 109 Å². The molecule has 362 valence electrons. The zero-order valence-electron chi connectivity index (χ0n) is 41.3. The molecule has 1 atom stereocenters. The number of hydrogen-bond acceptors (Lipinski definition) is 6. The molecule has 0 saturated carbocycles. The third-order valence-corrected chi connectivity index (χ3v) is 10.6. The highest BCUT2D eigenvalue weighted by Crippen LogP contribution is 2.14. The van der Waals surface area contributed by atoms with Gasteiger partial charge in [0, 0.05) is 19.3 Å². The van der Waals surface area contributed by atoms with Crippen LogP contribution in [0.3, 0.4) is 0 Å². The van der Waals surface area contributed by atoms with E-state index in [0.29, 0.717) is 19.3 Å². The molecule has 0 spiro atoms. The summed E-state index contributed by atoms with van der Waals surface area (Å²) in [7, 11) is 0. The third-order valence-electron chi connectivity index (χ3n) is 10.6. The van der Waals surface area contributed by atoms with Gasteiger partial charge in [-0.05, 0) is 77.0 Å². The molecule has 0 heterocycles. The molecule has 0 rings (SSSR count). The summed E-state index contributed by atoms with van der Waals surface area (Å²) in [6.07, 6.45) is 69.3. The van der Waals surface area contributed by atoms with Crippen molar-refractivity contribution in [3.05, 3.63) is 109 Å². The maximum atomic E-state index is 12.8. The Morgan fingerprint density at radius 1 is 0.344 bits per heavy atom. The Labute approximate surface area is 393 Å². The van der Waals surface area contributed by atoms with Gasteiger partial charge in [0.1, 0.15) is 13.2 Å². The lowest BCUT2D eigenvalue weighted by Crippen LogP contribution is -2.30. The maximum absolute atomic E-state index is 12.8. The molecule has 0 radical (unpaired) electrons. The molecule has 0 bridgehead atoms. The Balaban J connectivity index is 4.55. The number of ether oxygens (including phenoxy) is 3. The lowest BCUT2D eigenvalue weighted by molar-refractivity contribution is -0.166. The molecule has 0 aromatic carbocycles. The van der Waals surface area contributed by atoms with Crippen LogP contribution in [0.4, 0.5) is 0 Å². The summed E-state index contributed by atoms with van der Waals surface area (Å²) in [6.45, 7) is 6.39. The van der Waals surface area contributed by atoms with Gasteiger partial charge in [-0.15, -0.1) is 0 Å². The normalized spacial score (nSPS) is 13.0. The van der Waals surface area contributed by atoms with Crippen LogP contribution in [0.25, 0.3) is 0 Å². The molecule has 64 heavy (non-hydrogen) atoms. The van der Waals surface area contributed by atoms with Gasteiger partial charge in [-0.1, -0.05) is 233 Å².